The van der Waals surface area contributed by atoms with Gasteiger partial charge in [0.15, 0.2) is 16.9 Å². The van der Waals surface area contributed by atoms with Gasteiger partial charge in [0.25, 0.3) is 5.91 Å². The minimum atomic E-state index is -1.45. The average Bonchev–Trinajstić information content (AvgIpc) is 3.76. The number of fused-ring (bicyclic) bond motifs is 1. The Hall–Kier alpha value is -6.68. The van der Waals surface area contributed by atoms with Crippen LogP contribution in [0.25, 0.3) is 0 Å². The molecule has 3 amide bonds. The highest BCUT2D eigenvalue weighted by Crippen LogP contribution is 2.48. The van der Waals surface area contributed by atoms with Gasteiger partial charge in [-0.2, -0.15) is 0 Å². The van der Waals surface area contributed by atoms with Gasteiger partial charge in [-0.3, -0.25) is 19.8 Å². The van der Waals surface area contributed by atoms with E-state index in [1.165, 1.54) is 17.1 Å². The van der Waals surface area contributed by atoms with Crippen LogP contribution >= 0.6 is 34.9 Å². The van der Waals surface area contributed by atoms with Crippen molar-refractivity contribution in [3.05, 3.63) is 196 Å². The van der Waals surface area contributed by atoms with Crippen molar-refractivity contribution in [2.45, 2.75) is 53.6 Å². The molecule has 5 aromatic carbocycles. The van der Waals surface area contributed by atoms with Crippen LogP contribution in [0.3, 0.4) is 0 Å². The van der Waals surface area contributed by atoms with Crippen LogP contribution in [0.1, 0.15) is 60.4 Å². The summed E-state index contributed by atoms with van der Waals surface area (Å²) >= 11 is 4.04. The Morgan fingerprint density at radius 3 is 1.98 bits per heavy atom. The SMILES string of the molecule is CC(C)(C)OC(=O)Nc1nc(C(=NOC(c2ccccc2)(c2ccccc2)c2cccc(S[C@@H]3C(=O)N4C(C(=O)OC(c5ccccc5)c5ccccc5)=CCS[C@@H]34)c2)C(N)=O)cs1. The second-order valence-corrected chi connectivity index (χ2v) is 18.9. The summed E-state index contributed by atoms with van der Waals surface area (Å²) in [6, 6.07) is 45.6. The Kier molecular flexibility index (Phi) is 13.0. The van der Waals surface area contributed by atoms with E-state index in [1.54, 1.807) is 43.5 Å². The molecule has 2 aliphatic heterocycles. The summed E-state index contributed by atoms with van der Waals surface area (Å²) in [6.45, 7) is 5.23. The normalized spacial score (nSPS) is 16.2. The first-order valence-corrected chi connectivity index (χ1v) is 23.1. The fourth-order valence-corrected chi connectivity index (χ4v) is 10.6. The van der Waals surface area contributed by atoms with E-state index in [4.69, 9.17) is 20.0 Å². The molecule has 0 saturated carbocycles. The van der Waals surface area contributed by atoms with Crippen LogP contribution in [0.15, 0.2) is 173 Å². The number of esters is 1. The summed E-state index contributed by atoms with van der Waals surface area (Å²) in [7, 11) is 0. The van der Waals surface area contributed by atoms with Crippen LogP contribution in [0.4, 0.5) is 9.93 Å². The molecule has 2 aliphatic rings. The van der Waals surface area contributed by atoms with Gasteiger partial charge in [0.05, 0.1) is 0 Å². The summed E-state index contributed by atoms with van der Waals surface area (Å²) in [6.07, 6.45) is 0.390. The lowest BCUT2D eigenvalue weighted by molar-refractivity contribution is -0.151. The zero-order chi connectivity index (χ0) is 44.8. The van der Waals surface area contributed by atoms with Crippen molar-refractivity contribution >= 4 is 69.6 Å². The third kappa shape index (κ3) is 9.47. The fraction of sp³-hybridized carbons (Fsp3) is 0.184. The van der Waals surface area contributed by atoms with E-state index in [-0.39, 0.29) is 33.5 Å². The molecule has 6 aromatic rings. The average molecular weight is 910 g/mol. The molecular weight excluding hydrogens is 867 g/mol. The standard InChI is InChI=1S/C49H43N5O7S3/c1-48(2,3)60-47(58)52-46-51-37(30-63-46)39(42(50)55)53-61-49(33-21-12-6-13-22-33,34-23-14-7-15-24-34)35-25-16-26-36(29-35)64-41-43(56)54-38(27-28-62-44(41)54)45(57)59-40(31-17-8-4-9-18-31)32-19-10-5-11-20-32/h4-27,29-30,40-41,44H,28H2,1-3H3,(H2,50,55)(H,51,52,58)/t41-,44+/m1/s1. The first-order chi connectivity index (χ1) is 30.9. The van der Waals surface area contributed by atoms with Crippen LogP contribution in [-0.2, 0) is 34.3 Å². The number of nitrogens with two attached hydrogens (primary N) is 1. The summed E-state index contributed by atoms with van der Waals surface area (Å²) in [5.74, 6) is -1.16. The van der Waals surface area contributed by atoms with Gasteiger partial charge in [-0.15, -0.1) is 34.9 Å². The van der Waals surface area contributed by atoms with E-state index in [0.717, 1.165) is 27.4 Å². The predicted octanol–water partition coefficient (Wildman–Crippen LogP) is 9.28. The molecule has 324 valence electrons. The summed E-state index contributed by atoms with van der Waals surface area (Å²) in [4.78, 5) is 66.9. The molecule has 1 aromatic heterocycles. The summed E-state index contributed by atoms with van der Waals surface area (Å²) in [5, 5.41) is 7.90. The highest BCUT2D eigenvalue weighted by molar-refractivity contribution is 8.04. The maximum atomic E-state index is 14.1. The van der Waals surface area contributed by atoms with Crippen LogP contribution in [0, 0.1) is 0 Å². The number of thioether (sulfide) groups is 2. The van der Waals surface area contributed by atoms with E-state index in [9.17, 15) is 19.2 Å². The molecule has 15 heteroatoms. The van der Waals surface area contributed by atoms with Crippen LogP contribution in [0.2, 0.25) is 0 Å². The predicted molar refractivity (Wildman–Crippen MR) is 250 cm³/mol. The lowest BCUT2D eigenvalue weighted by atomic mass is 9.80. The number of nitrogens with one attached hydrogen (secondary N) is 1. The Labute approximate surface area is 382 Å². The molecule has 3 heterocycles. The van der Waals surface area contributed by atoms with E-state index < -0.39 is 40.5 Å². The molecule has 0 bridgehead atoms. The number of carbonyl (C=O) groups excluding carboxylic acids is 4. The van der Waals surface area contributed by atoms with Gasteiger partial charge < -0.3 is 20.0 Å². The van der Waals surface area contributed by atoms with Gasteiger partial charge in [-0.05, 0) is 50.1 Å². The molecule has 0 spiro atoms. The summed E-state index contributed by atoms with van der Waals surface area (Å²) in [5.41, 5.74) is 7.43. The van der Waals surface area contributed by atoms with Crippen LogP contribution in [0.5, 0.6) is 0 Å². The number of ether oxygens (including phenoxy) is 2. The van der Waals surface area contributed by atoms with Gasteiger partial charge in [-0.25, -0.2) is 14.6 Å². The number of benzene rings is 5. The molecule has 64 heavy (non-hydrogen) atoms. The second kappa shape index (κ2) is 19.0. The number of hydrogen-bond acceptors (Lipinski definition) is 12. The number of oxime groups is 1. The molecule has 2 atom stereocenters. The number of thiazole rings is 1. The lowest BCUT2D eigenvalue weighted by Gasteiger charge is -2.48. The van der Waals surface area contributed by atoms with Crippen molar-refractivity contribution in [3.8, 4) is 0 Å². The molecule has 0 unspecified atom stereocenters. The number of aromatic nitrogens is 1. The molecule has 8 rings (SSSR count). The summed E-state index contributed by atoms with van der Waals surface area (Å²) < 4.78 is 11.5. The third-order valence-electron chi connectivity index (χ3n) is 10.2. The quantitative estimate of drug-likeness (QED) is 0.0354. The molecule has 0 radical (unpaired) electrons. The number of primary amides is 1. The maximum Gasteiger partial charge on any atom is 0.413 e. The smallest absolute Gasteiger partial charge is 0.413 e. The number of nitrogens with zero attached hydrogens (tertiary/aromatic N) is 3. The third-order valence-corrected chi connectivity index (χ3v) is 13.5. The zero-order valence-electron chi connectivity index (χ0n) is 35.0. The fourth-order valence-electron chi connectivity index (χ4n) is 7.32. The maximum absolute atomic E-state index is 14.1. The highest BCUT2D eigenvalue weighted by Gasteiger charge is 2.53. The Balaban J connectivity index is 1.08. The minimum absolute atomic E-state index is 0.0915. The number of β-lactam (4-membered cyclic amide) rings is 1. The van der Waals surface area contributed by atoms with Gasteiger partial charge in [0, 0.05) is 32.7 Å². The molecule has 12 nitrogen and oxygen atoms in total. The van der Waals surface area contributed by atoms with E-state index >= 15 is 0 Å². The van der Waals surface area contributed by atoms with Crippen LogP contribution in [-0.4, -0.2) is 61.5 Å². The zero-order valence-corrected chi connectivity index (χ0v) is 37.4. The Bertz CT molecular complexity index is 2630. The number of rotatable bonds is 14. The van der Waals surface area contributed by atoms with Crippen molar-refractivity contribution in [2.24, 2.45) is 10.9 Å². The van der Waals surface area contributed by atoms with Crippen molar-refractivity contribution in [1.82, 2.24) is 9.88 Å². The van der Waals surface area contributed by atoms with Crippen molar-refractivity contribution in [2.75, 3.05) is 11.1 Å². The first-order valence-electron chi connectivity index (χ1n) is 20.3. The van der Waals surface area contributed by atoms with E-state index in [2.05, 4.69) is 15.5 Å². The number of anilines is 1. The molecular formula is C49H43N5O7S3. The van der Waals surface area contributed by atoms with Gasteiger partial charge in [0.2, 0.25) is 11.5 Å². The van der Waals surface area contributed by atoms with Gasteiger partial charge >= 0.3 is 12.1 Å². The van der Waals surface area contributed by atoms with Crippen molar-refractivity contribution in [3.63, 3.8) is 0 Å². The number of hydrogen-bond donors (Lipinski definition) is 2. The minimum Gasteiger partial charge on any atom is -0.448 e. The molecule has 1 saturated heterocycles. The Morgan fingerprint density at radius 2 is 1.41 bits per heavy atom. The topological polar surface area (TPSA) is 163 Å². The largest absolute Gasteiger partial charge is 0.448 e. The van der Waals surface area contributed by atoms with E-state index in [0.29, 0.717) is 22.4 Å². The molecule has 1 fully saturated rings. The van der Waals surface area contributed by atoms with Crippen molar-refractivity contribution in [1.29, 1.82) is 0 Å². The van der Waals surface area contributed by atoms with Crippen LogP contribution < -0.4 is 11.1 Å². The van der Waals surface area contributed by atoms with Gasteiger partial charge in [-0.1, -0.05) is 139 Å². The first kappa shape index (κ1) is 43.9. The van der Waals surface area contributed by atoms with E-state index in [1.807, 2.05) is 146 Å². The molecule has 0 aliphatic carbocycles. The Morgan fingerprint density at radius 1 is 0.828 bits per heavy atom. The molecule has 3 N–H and O–H groups in total. The highest BCUT2D eigenvalue weighted by atomic mass is 32.2. The monoisotopic (exact) mass is 909 g/mol. The number of carbonyl (C=O) groups is 4. The lowest BCUT2D eigenvalue weighted by Crippen LogP contribution is -2.63. The number of amides is 3. The second-order valence-electron chi connectivity index (χ2n) is 15.7. The van der Waals surface area contributed by atoms with Crippen molar-refractivity contribution < 1.29 is 33.5 Å². The van der Waals surface area contributed by atoms with Gasteiger partial charge in [0.1, 0.15) is 27.6 Å².